The van der Waals surface area contributed by atoms with Crippen molar-refractivity contribution in [1.29, 1.82) is 0 Å². The van der Waals surface area contributed by atoms with Crippen LogP contribution in [0.5, 0.6) is 17.2 Å². The maximum Gasteiger partial charge on any atom is 0.246 e. The van der Waals surface area contributed by atoms with Gasteiger partial charge in [0.15, 0.2) is 11.5 Å². The number of carbonyl (C=O) groups excluding carboxylic acids is 1. The van der Waals surface area contributed by atoms with Crippen LogP contribution in [-0.2, 0) is 11.3 Å². The number of imidazole rings is 1. The fourth-order valence-corrected chi connectivity index (χ4v) is 3.81. The topological polar surface area (TPSA) is 79.9 Å². The van der Waals surface area contributed by atoms with Crippen LogP contribution in [0.3, 0.4) is 0 Å². The molecule has 4 rings (SSSR count). The molecule has 2 heterocycles. The second-order valence-corrected chi connectivity index (χ2v) is 7.62. The van der Waals surface area contributed by atoms with E-state index >= 15 is 0 Å². The Hall–Kier alpha value is -3.52. The molecule has 0 atom stereocenters. The van der Waals surface area contributed by atoms with Crippen LogP contribution in [0, 0.1) is 0 Å². The molecule has 1 N–H and O–H groups in total. The summed E-state index contributed by atoms with van der Waals surface area (Å²) in [6, 6.07) is 11.4. The number of aromatic amines is 1. The number of ether oxygens (including phenoxy) is 3. The summed E-state index contributed by atoms with van der Waals surface area (Å²) in [7, 11) is 4.85. The van der Waals surface area contributed by atoms with Crippen LogP contribution in [0.15, 0.2) is 42.5 Å². The van der Waals surface area contributed by atoms with Gasteiger partial charge in [-0.3, -0.25) is 9.69 Å². The Kier molecular flexibility index (Phi) is 6.61. The lowest BCUT2D eigenvalue weighted by molar-refractivity contribution is -0.127. The average molecular weight is 437 g/mol. The molecule has 0 saturated carbocycles. The predicted octanol–water partition coefficient (Wildman–Crippen LogP) is 2.95. The van der Waals surface area contributed by atoms with E-state index in [1.165, 1.54) is 0 Å². The van der Waals surface area contributed by atoms with Crippen molar-refractivity contribution in [3.8, 4) is 17.2 Å². The highest BCUT2D eigenvalue weighted by atomic mass is 16.5. The van der Waals surface area contributed by atoms with Gasteiger partial charge < -0.3 is 24.1 Å². The molecule has 0 bridgehead atoms. The van der Waals surface area contributed by atoms with Gasteiger partial charge in [-0.1, -0.05) is 6.07 Å². The number of hydrogen-bond donors (Lipinski definition) is 1. The van der Waals surface area contributed by atoms with E-state index in [2.05, 4.69) is 14.9 Å². The molecule has 0 aliphatic carbocycles. The second kappa shape index (κ2) is 9.74. The largest absolute Gasteiger partial charge is 0.497 e. The van der Waals surface area contributed by atoms with Crippen LogP contribution in [0.25, 0.3) is 17.1 Å². The zero-order valence-electron chi connectivity index (χ0n) is 18.6. The Labute approximate surface area is 187 Å². The van der Waals surface area contributed by atoms with Crippen LogP contribution in [0.1, 0.15) is 11.4 Å². The Bertz CT molecular complexity index is 1120. The molecule has 0 spiro atoms. The van der Waals surface area contributed by atoms with Gasteiger partial charge in [0.1, 0.15) is 11.6 Å². The van der Waals surface area contributed by atoms with Gasteiger partial charge >= 0.3 is 0 Å². The first-order chi connectivity index (χ1) is 15.6. The van der Waals surface area contributed by atoms with E-state index in [1.807, 2.05) is 41.3 Å². The quantitative estimate of drug-likeness (QED) is 0.574. The number of aromatic nitrogens is 2. The van der Waals surface area contributed by atoms with Crippen molar-refractivity contribution in [2.45, 2.75) is 6.54 Å². The standard InChI is InChI=1S/C24H28N4O4/c1-30-18-6-7-19-20(15-18)26-23(25-19)16-27-10-12-28(13-11-27)24(29)9-5-17-4-8-21(31-2)22(14-17)32-3/h4-9,14-15H,10-13,16H2,1-3H3,(H,25,26)/b9-5-. The van der Waals surface area contributed by atoms with Crippen molar-refractivity contribution in [2.75, 3.05) is 47.5 Å². The van der Waals surface area contributed by atoms with Crippen LogP contribution < -0.4 is 14.2 Å². The monoisotopic (exact) mass is 436 g/mol. The Morgan fingerprint density at radius 3 is 2.50 bits per heavy atom. The number of methoxy groups -OCH3 is 3. The first-order valence-corrected chi connectivity index (χ1v) is 10.5. The summed E-state index contributed by atoms with van der Waals surface area (Å²) >= 11 is 0. The molecule has 1 amide bonds. The Balaban J connectivity index is 1.31. The number of nitrogens with zero attached hydrogens (tertiary/aromatic N) is 3. The molecule has 8 nitrogen and oxygen atoms in total. The molecule has 8 heteroatoms. The van der Waals surface area contributed by atoms with Gasteiger partial charge in [0, 0.05) is 38.3 Å². The van der Waals surface area contributed by atoms with Crippen molar-refractivity contribution in [2.24, 2.45) is 0 Å². The highest BCUT2D eigenvalue weighted by Gasteiger charge is 2.20. The van der Waals surface area contributed by atoms with Crippen LogP contribution in [0.4, 0.5) is 0 Å². The summed E-state index contributed by atoms with van der Waals surface area (Å²) in [4.78, 5) is 24.8. The number of piperazine rings is 1. The molecule has 1 aliphatic rings. The van der Waals surface area contributed by atoms with Gasteiger partial charge in [-0.15, -0.1) is 0 Å². The number of fused-ring (bicyclic) bond motifs is 1. The summed E-state index contributed by atoms with van der Waals surface area (Å²) in [5, 5.41) is 0. The number of carbonyl (C=O) groups is 1. The number of rotatable bonds is 7. The number of benzene rings is 2. The maximum absolute atomic E-state index is 12.6. The van der Waals surface area contributed by atoms with Gasteiger partial charge in [-0.25, -0.2) is 4.98 Å². The lowest BCUT2D eigenvalue weighted by Gasteiger charge is -2.33. The third-order valence-corrected chi connectivity index (χ3v) is 5.62. The Morgan fingerprint density at radius 2 is 1.78 bits per heavy atom. The van der Waals surface area contributed by atoms with Gasteiger partial charge in [0.05, 0.1) is 38.9 Å². The SMILES string of the molecule is COc1ccc2nc(CN3CCN(C(=O)/C=C\c4ccc(OC)c(OC)c4)CC3)[nH]c2c1. The average Bonchev–Trinajstić information content (AvgIpc) is 3.24. The molecule has 0 unspecified atom stereocenters. The van der Waals surface area contributed by atoms with Crippen molar-refractivity contribution >= 4 is 23.0 Å². The lowest BCUT2D eigenvalue weighted by atomic mass is 10.2. The van der Waals surface area contributed by atoms with Crippen LogP contribution in [0.2, 0.25) is 0 Å². The number of nitrogens with one attached hydrogen (secondary N) is 1. The molecule has 1 fully saturated rings. The molecule has 0 radical (unpaired) electrons. The second-order valence-electron chi connectivity index (χ2n) is 7.62. The van der Waals surface area contributed by atoms with E-state index in [0.717, 1.165) is 47.8 Å². The normalized spacial score (nSPS) is 14.8. The zero-order valence-corrected chi connectivity index (χ0v) is 18.6. The van der Waals surface area contributed by atoms with Crippen molar-refractivity contribution in [3.63, 3.8) is 0 Å². The zero-order chi connectivity index (χ0) is 22.5. The molecule has 2 aromatic carbocycles. The maximum atomic E-state index is 12.6. The fourth-order valence-electron chi connectivity index (χ4n) is 3.81. The van der Waals surface area contributed by atoms with E-state index in [1.54, 1.807) is 33.5 Å². The van der Waals surface area contributed by atoms with Gasteiger partial charge in [-0.2, -0.15) is 0 Å². The minimum absolute atomic E-state index is 0.00951. The van der Waals surface area contributed by atoms with Crippen molar-refractivity contribution in [1.82, 2.24) is 19.8 Å². The Morgan fingerprint density at radius 1 is 1.00 bits per heavy atom. The molecule has 3 aromatic rings. The van der Waals surface area contributed by atoms with E-state index in [4.69, 9.17) is 14.2 Å². The smallest absolute Gasteiger partial charge is 0.246 e. The van der Waals surface area contributed by atoms with Crippen LogP contribution >= 0.6 is 0 Å². The molecule has 168 valence electrons. The minimum Gasteiger partial charge on any atom is -0.497 e. The summed E-state index contributed by atoms with van der Waals surface area (Å²) in [5.41, 5.74) is 2.78. The number of amides is 1. The molecule has 1 aliphatic heterocycles. The fraction of sp³-hybridized carbons (Fsp3) is 0.333. The summed E-state index contributed by atoms with van der Waals surface area (Å²) in [6.45, 7) is 3.69. The molecule has 32 heavy (non-hydrogen) atoms. The third-order valence-electron chi connectivity index (χ3n) is 5.62. The molecule has 1 aromatic heterocycles. The highest BCUT2D eigenvalue weighted by molar-refractivity contribution is 5.92. The summed E-state index contributed by atoms with van der Waals surface area (Å²) < 4.78 is 15.8. The van der Waals surface area contributed by atoms with Gasteiger partial charge in [-0.05, 0) is 35.9 Å². The number of hydrogen-bond acceptors (Lipinski definition) is 6. The van der Waals surface area contributed by atoms with E-state index in [-0.39, 0.29) is 5.91 Å². The van der Waals surface area contributed by atoms with Gasteiger partial charge in [0.2, 0.25) is 5.91 Å². The van der Waals surface area contributed by atoms with E-state index in [9.17, 15) is 4.79 Å². The molecular weight excluding hydrogens is 408 g/mol. The van der Waals surface area contributed by atoms with E-state index < -0.39 is 0 Å². The van der Waals surface area contributed by atoms with Gasteiger partial charge in [0.25, 0.3) is 0 Å². The first-order valence-electron chi connectivity index (χ1n) is 10.5. The molecular formula is C24H28N4O4. The van der Waals surface area contributed by atoms with Crippen molar-refractivity contribution in [3.05, 3.63) is 53.9 Å². The van der Waals surface area contributed by atoms with Crippen molar-refractivity contribution < 1.29 is 19.0 Å². The highest BCUT2D eigenvalue weighted by Crippen LogP contribution is 2.28. The summed E-state index contributed by atoms with van der Waals surface area (Å²) in [5.74, 6) is 3.04. The van der Waals surface area contributed by atoms with Crippen LogP contribution in [-0.4, -0.2) is 73.2 Å². The third kappa shape index (κ3) is 4.86. The summed E-state index contributed by atoms with van der Waals surface area (Å²) in [6.07, 6.45) is 3.42. The lowest BCUT2D eigenvalue weighted by Crippen LogP contribution is -2.47. The van der Waals surface area contributed by atoms with E-state index in [0.29, 0.717) is 24.6 Å². The first kappa shape index (κ1) is 21.7. The predicted molar refractivity (Wildman–Crippen MR) is 123 cm³/mol. The molecule has 1 saturated heterocycles. The number of H-pyrrole nitrogens is 1. The minimum atomic E-state index is 0.00951.